The summed E-state index contributed by atoms with van der Waals surface area (Å²) in [6.45, 7) is 7.07. The van der Waals surface area contributed by atoms with E-state index in [9.17, 15) is 4.79 Å². The average molecular weight is 348 g/mol. The number of allylic oxidation sites excluding steroid dienone is 3. The van der Waals surface area contributed by atoms with Crippen LogP contribution in [0.3, 0.4) is 0 Å². The van der Waals surface area contributed by atoms with Crippen LogP contribution in [-0.4, -0.2) is 37.5 Å². The summed E-state index contributed by atoms with van der Waals surface area (Å²) in [6.07, 6.45) is 11.1. The molecule has 2 heterocycles. The number of ether oxygens (including phenoxy) is 3. The highest BCUT2D eigenvalue weighted by atomic mass is 16.6. The predicted molar refractivity (Wildman–Crippen MR) is 97.2 cm³/mol. The molecule has 0 aromatic heterocycles. The highest BCUT2D eigenvalue weighted by Gasteiger charge is 2.55. The lowest BCUT2D eigenvalue weighted by molar-refractivity contribution is -0.146. The average Bonchev–Trinajstić information content (AvgIpc) is 3.03. The SMILES string of the molecule is COC(=O)C1COC2CC(C)=CCCC(C)=CCCC3(C)OC3CC21. The molecular weight excluding hydrogens is 316 g/mol. The van der Waals surface area contributed by atoms with E-state index in [-0.39, 0.29) is 35.6 Å². The van der Waals surface area contributed by atoms with E-state index < -0.39 is 0 Å². The van der Waals surface area contributed by atoms with E-state index in [0.29, 0.717) is 6.61 Å². The van der Waals surface area contributed by atoms with E-state index in [1.54, 1.807) is 0 Å². The van der Waals surface area contributed by atoms with Crippen molar-refractivity contribution in [2.45, 2.75) is 77.1 Å². The first-order valence-electron chi connectivity index (χ1n) is 9.61. The van der Waals surface area contributed by atoms with Gasteiger partial charge in [-0.05, 0) is 59.3 Å². The zero-order chi connectivity index (χ0) is 18.0. The highest BCUT2D eigenvalue weighted by molar-refractivity contribution is 5.73. The van der Waals surface area contributed by atoms with Gasteiger partial charge in [0.2, 0.25) is 0 Å². The summed E-state index contributed by atoms with van der Waals surface area (Å²) < 4.78 is 17.1. The molecule has 2 saturated heterocycles. The van der Waals surface area contributed by atoms with Gasteiger partial charge in [-0.3, -0.25) is 4.79 Å². The minimum absolute atomic E-state index is 0.0421. The number of carbonyl (C=O) groups excluding carboxylic acids is 1. The van der Waals surface area contributed by atoms with Crippen LogP contribution in [0.4, 0.5) is 0 Å². The Balaban J connectivity index is 1.78. The Morgan fingerprint density at radius 3 is 2.76 bits per heavy atom. The van der Waals surface area contributed by atoms with Crippen molar-refractivity contribution >= 4 is 5.97 Å². The third-order valence-corrected chi connectivity index (χ3v) is 6.20. The van der Waals surface area contributed by atoms with E-state index in [4.69, 9.17) is 14.2 Å². The first-order valence-corrected chi connectivity index (χ1v) is 9.61. The number of hydrogen-bond acceptors (Lipinski definition) is 4. The van der Waals surface area contributed by atoms with Crippen LogP contribution in [0.25, 0.3) is 0 Å². The zero-order valence-corrected chi connectivity index (χ0v) is 16.0. The third-order valence-electron chi connectivity index (χ3n) is 6.20. The molecule has 0 amide bonds. The van der Waals surface area contributed by atoms with Gasteiger partial charge in [0, 0.05) is 5.92 Å². The van der Waals surface area contributed by atoms with Crippen LogP contribution in [-0.2, 0) is 19.0 Å². The van der Waals surface area contributed by atoms with Gasteiger partial charge in [0.15, 0.2) is 0 Å². The van der Waals surface area contributed by atoms with Gasteiger partial charge in [0.25, 0.3) is 0 Å². The summed E-state index contributed by atoms with van der Waals surface area (Å²) in [5.74, 6) is -0.120. The number of methoxy groups -OCH3 is 1. The van der Waals surface area contributed by atoms with Crippen molar-refractivity contribution in [1.29, 1.82) is 0 Å². The summed E-state index contributed by atoms with van der Waals surface area (Å²) in [6, 6.07) is 0. The van der Waals surface area contributed by atoms with Crippen LogP contribution in [0.15, 0.2) is 23.3 Å². The lowest BCUT2D eigenvalue weighted by Gasteiger charge is -2.22. The maximum Gasteiger partial charge on any atom is 0.311 e. The predicted octanol–water partition coefficient (Wildman–Crippen LogP) is 4.19. The Kier molecular flexibility index (Phi) is 5.69. The first kappa shape index (κ1) is 18.7. The lowest BCUT2D eigenvalue weighted by atomic mass is 9.82. The summed E-state index contributed by atoms with van der Waals surface area (Å²) >= 11 is 0. The van der Waals surface area contributed by atoms with Gasteiger partial charge in [-0.25, -0.2) is 0 Å². The molecule has 4 heteroatoms. The Morgan fingerprint density at radius 2 is 2.00 bits per heavy atom. The van der Waals surface area contributed by atoms with E-state index in [1.165, 1.54) is 18.3 Å². The van der Waals surface area contributed by atoms with Crippen molar-refractivity contribution in [3.63, 3.8) is 0 Å². The second-order valence-electron chi connectivity index (χ2n) is 8.20. The number of rotatable bonds is 1. The van der Waals surface area contributed by atoms with E-state index in [1.807, 2.05) is 0 Å². The molecule has 0 aromatic rings. The van der Waals surface area contributed by atoms with Crippen molar-refractivity contribution in [3.05, 3.63) is 23.3 Å². The maximum atomic E-state index is 12.2. The van der Waals surface area contributed by atoms with Gasteiger partial charge in [0.05, 0.1) is 37.4 Å². The molecule has 0 radical (unpaired) electrons. The standard InChI is InChI=1S/C21H32O4/c1-14-7-5-8-15(2)11-18-16(17(13-24-18)20(22)23-4)12-19-21(3,25-19)10-6-9-14/h8-9,16-19H,5-7,10-13H2,1-4H3. The van der Waals surface area contributed by atoms with Crippen LogP contribution in [0, 0.1) is 11.8 Å². The van der Waals surface area contributed by atoms with E-state index >= 15 is 0 Å². The molecule has 0 bridgehead atoms. The number of fused-ring (bicyclic) bond motifs is 2. The topological polar surface area (TPSA) is 48.1 Å². The number of esters is 1. The second-order valence-corrected chi connectivity index (χ2v) is 8.20. The fourth-order valence-corrected chi connectivity index (χ4v) is 4.36. The Morgan fingerprint density at radius 1 is 1.24 bits per heavy atom. The molecule has 0 N–H and O–H groups in total. The quantitative estimate of drug-likeness (QED) is 0.405. The largest absolute Gasteiger partial charge is 0.469 e. The van der Waals surface area contributed by atoms with E-state index in [2.05, 4.69) is 32.9 Å². The van der Waals surface area contributed by atoms with Crippen molar-refractivity contribution < 1.29 is 19.0 Å². The molecule has 3 aliphatic rings. The van der Waals surface area contributed by atoms with Gasteiger partial charge in [-0.15, -0.1) is 0 Å². The van der Waals surface area contributed by atoms with Crippen molar-refractivity contribution in [3.8, 4) is 0 Å². The first-order chi connectivity index (χ1) is 11.9. The molecule has 25 heavy (non-hydrogen) atoms. The Labute approximate surface area is 151 Å². The summed E-state index contributed by atoms with van der Waals surface area (Å²) in [5.41, 5.74) is 2.77. The fourth-order valence-electron chi connectivity index (χ4n) is 4.36. The third kappa shape index (κ3) is 4.35. The number of carbonyl (C=O) groups is 1. The van der Waals surface area contributed by atoms with Gasteiger partial charge < -0.3 is 14.2 Å². The van der Waals surface area contributed by atoms with Gasteiger partial charge in [0.1, 0.15) is 0 Å². The molecule has 3 rings (SSSR count). The highest BCUT2D eigenvalue weighted by Crippen LogP contribution is 2.47. The molecule has 5 atom stereocenters. The lowest BCUT2D eigenvalue weighted by Crippen LogP contribution is -2.29. The van der Waals surface area contributed by atoms with Gasteiger partial charge in [-0.1, -0.05) is 23.3 Å². The molecule has 4 nitrogen and oxygen atoms in total. The molecule has 0 aromatic carbocycles. The Bertz CT molecular complexity index is 564. The molecule has 0 saturated carbocycles. The molecule has 2 fully saturated rings. The molecule has 140 valence electrons. The van der Waals surface area contributed by atoms with Crippen molar-refractivity contribution in [2.24, 2.45) is 11.8 Å². The minimum atomic E-state index is -0.161. The van der Waals surface area contributed by atoms with Gasteiger partial charge in [-0.2, -0.15) is 0 Å². The monoisotopic (exact) mass is 348 g/mol. The van der Waals surface area contributed by atoms with E-state index in [0.717, 1.165) is 38.5 Å². The molecule has 2 aliphatic heterocycles. The second kappa shape index (κ2) is 7.63. The fraction of sp³-hybridized carbons (Fsp3) is 0.762. The van der Waals surface area contributed by atoms with Gasteiger partial charge >= 0.3 is 5.97 Å². The maximum absolute atomic E-state index is 12.2. The minimum Gasteiger partial charge on any atom is -0.469 e. The smallest absolute Gasteiger partial charge is 0.311 e. The number of hydrogen-bond donors (Lipinski definition) is 0. The summed E-state index contributed by atoms with van der Waals surface area (Å²) in [5, 5.41) is 0. The van der Waals surface area contributed by atoms with Crippen LogP contribution in [0.2, 0.25) is 0 Å². The number of epoxide rings is 1. The Hall–Kier alpha value is -1.13. The normalized spacial score (nSPS) is 39.4. The van der Waals surface area contributed by atoms with Crippen LogP contribution in [0.5, 0.6) is 0 Å². The van der Waals surface area contributed by atoms with Crippen LogP contribution in [0.1, 0.15) is 59.3 Å². The van der Waals surface area contributed by atoms with Crippen LogP contribution >= 0.6 is 0 Å². The molecule has 0 spiro atoms. The molecular formula is C21H32O4. The molecule has 5 unspecified atom stereocenters. The summed E-state index contributed by atoms with van der Waals surface area (Å²) in [4.78, 5) is 12.2. The summed E-state index contributed by atoms with van der Waals surface area (Å²) in [7, 11) is 1.47. The molecule has 1 aliphatic carbocycles. The van der Waals surface area contributed by atoms with Crippen LogP contribution < -0.4 is 0 Å². The zero-order valence-electron chi connectivity index (χ0n) is 16.0. The van der Waals surface area contributed by atoms with Crippen molar-refractivity contribution in [1.82, 2.24) is 0 Å². The van der Waals surface area contributed by atoms with Crippen molar-refractivity contribution in [2.75, 3.05) is 13.7 Å².